The Morgan fingerprint density at radius 3 is 2.77 bits per heavy atom. The Morgan fingerprint density at radius 1 is 1.33 bits per heavy atom. The number of carbonyl (C=O) groups excluding carboxylic acids is 2. The van der Waals surface area contributed by atoms with Crippen LogP contribution in [0.2, 0.25) is 0 Å². The highest BCUT2D eigenvalue weighted by Gasteiger charge is 2.32. The Labute approximate surface area is 178 Å². The van der Waals surface area contributed by atoms with E-state index in [1.54, 1.807) is 16.6 Å². The normalized spacial score (nSPS) is 22.7. The SMILES string of the molecule is Cl.Cn1nc(N2CCC(=O)NC2=O)c2ccc(C3CCN(CC(=O)O)CC3F)cc21. The largest absolute Gasteiger partial charge is 0.480 e. The fraction of sp³-hybridized carbons (Fsp3) is 0.474. The number of imide groups is 1. The van der Waals surface area contributed by atoms with E-state index in [0.29, 0.717) is 18.8 Å². The summed E-state index contributed by atoms with van der Waals surface area (Å²) in [4.78, 5) is 37.5. The first-order valence-corrected chi connectivity index (χ1v) is 9.49. The molecule has 3 heterocycles. The third-order valence-corrected chi connectivity index (χ3v) is 5.58. The molecule has 2 fully saturated rings. The minimum Gasteiger partial charge on any atom is -0.480 e. The second kappa shape index (κ2) is 8.57. The molecule has 0 spiro atoms. The first-order chi connectivity index (χ1) is 13.8. The molecule has 162 valence electrons. The molecule has 1 aromatic heterocycles. The summed E-state index contributed by atoms with van der Waals surface area (Å²) in [6.07, 6.45) is -0.422. The predicted molar refractivity (Wildman–Crippen MR) is 110 cm³/mol. The highest BCUT2D eigenvalue weighted by molar-refractivity contribution is 6.08. The molecule has 1 aromatic carbocycles. The minimum atomic E-state index is -1.16. The van der Waals surface area contributed by atoms with Crippen LogP contribution in [0.25, 0.3) is 10.9 Å². The zero-order chi connectivity index (χ0) is 20.7. The van der Waals surface area contributed by atoms with Gasteiger partial charge < -0.3 is 5.11 Å². The van der Waals surface area contributed by atoms with E-state index in [4.69, 9.17) is 5.11 Å². The molecule has 3 amide bonds. The Kier molecular flexibility index (Phi) is 6.27. The van der Waals surface area contributed by atoms with Crippen LogP contribution in [-0.4, -0.2) is 70.0 Å². The van der Waals surface area contributed by atoms with Crippen molar-refractivity contribution in [1.29, 1.82) is 0 Å². The smallest absolute Gasteiger partial charge is 0.329 e. The first-order valence-electron chi connectivity index (χ1n) is 9.49. The van der Waals surface area contributed by atoms with E-state index >= 15 is 0 Å². The zero-order valence-corrected chi connectivity index (χ0v) is 17.2. The number of urea groups is 1. The van der Waals surface area contributed by atoms with E-state index in [0.717, 1.165) is 16.5 Å². The molecule has 2 aliphatic heterocycles. The molecule has 2 atom stereocenters. The number of fused-ring (bicyclic) bond motifs is 1. The van der Waals surface area contributed by atoms with E-state index in [-0.39, 0.29) is 50.3 Å². The van der Waals surface area contributed by atoms with Crippen molar-refractivity contribution in [1.82, 2.24) is 20.0 Å². The van der Waals surface area contributed by atoms with Crippen LogP contribution in [0.4, 0.5) is 15.0 Å². The molecule has 2 saturated heterocycles. The van der Waals surface area contributed by atoms with Gasteiger partial charge in [-0.05, 0) is 30.7 Å². The van der Waals surface area contributed by atoms with Gasteiger partial charge in [0, 0.05) is 37.9 Å². The lowest BCUT2D eigenvalue weighted by molar-refractivity contribution is -0.138. The van der Waals surface area contributed by atoms with E-state index in [2.05, 4.69) is 10.4 Å². The average Bonchev–Trinajstić information content (AvgIpc) is 2.97. The van der Waals surface area contributed by atoms with Gasteiger partial charge in [0.05, 0.1) is 12.1 Å². The molecule has 9 nitrogen and oxygen atoms in total. The molecule has 0 radical (unpaired) electrons. The number of nitrogens with one attached hydrogen (secondary N) is 1. The number of alkyl halides is 1. The molecule has 2 unspecified atom stereocenters. The van der Waals surface area contributed by atoms with E-state index in [1.165, 1.54) is 4.90 Å². The van der Waals surface area contributed by atoms with Crippen LogP contribution in [0.1, 0.15) is 24.3 Å². The van der Waals surface area contributed by atoms with E-state index in [9.17, 15) is 18.8 Å². The number of piperidine rings is 1. The lowest BCUT2D eigenvalue weighted by atomic mass is 9.87. The van der Waals surface area contributed by atoms with E-state index in [1.807, 2.05) is 18.2 Å². The van der Waals surface area contributed by atoms with E-state index < -0.39 is 18.2 Å². The Hall–Kier alpha value is -2.72. The lowest BCUT2D eigenvalue weighted by Crippen LogP contribution is -2.49. The van der Waals surface area contributed by atoms with Gasteiger partial charge in [-0.25, -0.2) is 9.18 Å². The quantitative estimate of drug-likeness (QED) is 0.750. The Balaban J connectivity index is 0.00000256. The van der Waals surface area contributed by atoms with Crippen LogP contribution in [0, 0.1) is 0 Å². The lowest BCUT2D eigenvalue weighted by Gasteiger charge is -2.34. The van der Waals surface area contributed by atoms with Crippen molar-refractivity contribution in [3.8, 4) is 0 Å². The molecule has 0 saturated carbocycles. The number of carbonyl (C=O) groups is 3. The number of aromatic nitrogens is 2. The molecule has 2 N–H and O–H groups in total. The van der Waals surface area contributed by atoms with Gasteiger partial charge in [-0.2, -0.15) is 5.10 Å². The molecule has 2 aromatic rings. The molecule has 30 heavy (non-hydrogen) atoms. The van der Waals surface area contributed by atoms with Crippen molar-refractivity contribution in [2.24, 2.45) is 7.05 Å². The number of carboxylic acids is 1. The number of carboxylic acid groups (broad SMARTS) is 1. The summed E-state index contributed by atoms with van der Waals surface area (Å²) >= 11 is 0. The minimum absolute atomic E-state index is 0. The van der Waals surface area contributed by atoms with Crippen molar-refractivity contribution in [2.45, 2.75) is 24.9 Å². The van der Waals surface area contributed by atoms with Crippen LogP contribution in [-0.2, 0) is 16.6 Å². The third-order valence-electron chi connectivity index (χ3n) is 5.58. The van der Waals surface area contributed by atoms with Crippen LogP contribution in [0.15, 0.2) is 18.2 Å². The van der Waals surface area contributed by atoms with Crippen LogP contribution in [0.5, 0.6) is 0 Å². The summed E-state index contributed by atoms with van der Waals surface area (Å²) in [6, 6.07) is 5.04. The number of benzene rings is 1. The van der Waals surface area contributed by atoms with Crippen LogP contribution >= 0.6 is 12.4 Å². The number of rotatable bonds is 4. The maximum Gasteiger partial charge on any atom is 0.329 e. The number of anilines is 1. The molecule has 0 bridgehead atoms. The number of likely N-dealkylation sites (tertiary alicyclic amines) is 1. The van der Waals surface area contributed by atoms with Gasteiger partial charge in [0.25, 0.3) is 0 Å². The molecule has 2 aliphatic rings. The third kappa shape index (κ3) is 4.10. The number of halogens is 2. The van der Waals surface area contributed by atoms with Gasteiger partial charge in [-0.1, -0.05) is 6.07 Å². The number of hydrogen-bond acceptors (Lipinski definition) is 5. The molecular formula is C19H23ClFN5O4. The number of aryl methyl sites for hydroxylation is 1. The second-order valence-corrected chi connectivity index (χ2v) is 7.52. The van der Waals surface area contributed by atoms with Gasteiger partial charge in [0.1, 0.15) is 6.17 Å². The molecule has 0 aliphatic carbocycles. The number of nitrogens with zero attached hydrogens (tertiary/aromatic N) is 4. The first kappa shape index (κ1) is 22.0. The highest BCUT2D eigenvalue weighted by Crippen LogP contribution is 2.34. The van der Waals surface area contributed by atoms with Gasteiger partial charge in [0.15, 0.2) is 5.82 Å². The van der Waals surface area contributed by atoms with Gasteiger partial charge in [-0.15, -0.1) is 12.4 Å². The monoisotopic (exact) mass is 439 g/mol. The molecule has 4 rings (SSSR count). The van der Waals surface area contributed by atoms with Crippen LogP contribution in [0.3, 0.4) is 0 Å². The summed E-state index contributed by atoms with van der Waals surface area (Å²) in [5.74, 6) is -1.12. The number of aliphatic carboxylic acids is 1. The van der Waals surface area contributed by atoms with Crippen molar-refractivity contribution in [2.75, 3.05) is 31.1 Å². The van der Waals surface area contributed by atoms with Gasteiger partial charge in [-0.3, -0.25) is 29.4 Å². The topological polar surface area (TPSA) is 108 Å². The average molecular weight is 440 g/mol. The van der Waals surface area contributed by atoms with Crippen molar-refractivity contribution >= 4 is 47.0 Å². The fourth-order valence-electron chi connectivity index (χ4n) is 4.13. The molecular weight excluding hydrogens is 417 g/mol. The maximum absolute atomic E-state index is 14.8. The molecule has 11 heteroatoms. The van der Waals surface area contributed by atoms with Gasteiger partial charge in [0.2, 0.25) is 5.91 Å². The standard InChI is InChI=1S/C19H22FN5O4.ClH/c1-23-15-8-11(12-4-6-24(9-14(12)20)10-17(27)28)2-3-13(15)18(22-23)25-7-5-16(26)21-19(25)29;/h2-3,8,12,14H,4-7,9-10H2,1H3,(H,27,28)(H,21,26,29);1H. The van der Waals surface area contributed by atoms with Crippen molar-refractivity contribution in [3.63, 3.8) is 0 Å². The number of hydrogen-bond donors (Lipinski definition) is 2. The van der Waals surface area contributed by atoms with Gasteiger partial charge >= 0.3 is 12.0 Å². The summed E-state index contributed by atoms with van der Waals surface area (Å²) in [5.41, 5.74) is 1.59. The Morgan fingerprint density at radius 2 is 2.10 bits per heavy atom. The fourth-order valence-corrected chi connectivity index (χ4v) is 4.13. The Bertz CT molecular complexity index is 997. The zero-order valence-electron chi connectivity index (χ0n) is 16.4. The summed E-state index contributed by atoms with van der Waals surface area (Å²) in [7, 11) is 1.75. The summed E-state index contributed by atoms with van der Waals surface area (Å²) < 4.78 is 16.4. The second-order valence-electron chi connectivity index (χ2n) is 7.52. The van der Waals surface area contributed by atoms with Crippen molar-refractivity contribution in [3.05, 3.63) is 23.8 Å². The number of amides is 3. The summed E-state index contributed by atoms with van der Waals surface area (Å²) in [6.45, 7) is 0.715. The maximum atomic E-state index is 14.8. The van der Waals surface area contributed by atoms with Crippen LogP contribution < -0.4 is 10.2 Å². The predicted octanol–water partition coefficient (Wildman–Crippen LogP) is 1.65. The van der Waals surface area contributed by atoms with Crippen molar-refractivity contribution < 1.29 is 23.9 Å². The summed E-state index contributed by atoms with van der Waals surface area (Å²) in [5, 5.41) is 16.4. The highest BCUT2D eigenvalue weighted by atomic mass is 35.5.